The summed E-state index contributed by atoms with van der Waals surface area (Å²) in [5.74, 6) is 0. The molecule has 1 fully saturated rings. The quantitative estimate of drug-likeness (QED) is 0.766. The summed E-state index contributed by atoms with van der Waals surface area (Å²) in [6.07, 6.45) is 3.57. The third-order valence-electron chi connectivity index (χ3n) is 3.46. The summed E-state index contributed by atoms with van der Waals surface area (Å²) >= 11 is 0. The van der Waals surface area contributed by atoms with Crippen molar-refractivity contribution in [3.05, 3.63) is 0 Å². The Morgan fingerprint density at radius 1 is 1.53 bits per heavy atom. The third kappa shape index (κ3) is 4.54. The van der Waals surface area contributed by atoms with E-state index in [2.05, 4.69) is 4.90 Å². The van der Waals surface area contributed by atoms with Gasteiger partial charge in [-0.3, -0.25) is 4.90 Å². The van der Waals surface area contributed by atoms with Crippen LogP contribution in [0.5, 0.6) is 0 Å². The maximum absolute atomic E-state index is 11.5. The summed E-state index contributed by atoms with van der Waals surface area (Å²) in [5.41, 5.74) is 0. The molecule has 0 aromatic rings. The maximum Gasteiger partial charge on any atom is 0.211 e. The fourth-order valence-corrected chi connectivity index (χ4v) is 2.91. The summed E-state index contributed by atoms with van der Waals surface area (Å²) in [6.45, 7) is 4.27. The standard InChI is InChI=1S/C11H24N2O3S/c1-4-11(14)9-13-7-5-6-10(8-13)12(2)17(3,15)16/h10-11,14H,4-9H2,1-3H3/t10?,11-/m1/s1. The Kier molecular flexibility index (Phi) is 5.37. The van der Waals surface area contributed by atoms with Crippen LogP contribution in [0.25, 0.3) is 0 Å². The number of β-amino-alcohol motifs (C(OH)–C–C–N with tert-alkyl or cyclic N) is 1. The minimum atomic E-state index is -3.12. The van der Waals surface area contributed by atoms with Gasteiger partial charge >= 0.3 is 0 Å². The number of aliphatic hydroxyl groups excluding tert-OH is 1. The second kappa shape index (κ2) is 6.13. The molecule has 1 heterocycles. The predicted molar refractivity (Wildman–Crippen MR) is 68.4 cm³/mol. The number of likely N-dealkylation sites (tertiary alicyclic amines) is 1. The van der Waals surface area contributed by atoms with Crippen molar-refractivity contribution in [2.75, 3.05) is 32.9 Å². The lowest BCUT2D eigenvalue weighted by Crippen LogP contribution is -2.49. The van der Waals surface area contributed by atoms with Crippen LogP contribution in [0, 0.1) is 0 Å². The molecule has 0 radical (unpaired) electrons. The number of aliphatic hydroxyl groups is 1. The molecule has 2 atom stereocenters. The molecule has 1 aliphatic heterocycles. The number of sulfonamides is 1. The fourth-order valence-electron chi connectivity index (χ4n) is 2.19. The summed E-state index contributed by atoms with van der Waals surface area (Å²) in [7, 11) is -1.48. The van der Waals surface area contributed by atoms with Crippen LogP contribution >= 0.6 is 0 Å². The maximum atomic E-state index is 11.5. The number of hydrogen-bond donors (Lipinski definition) is 1. The van der Waals surface area contributed by atoms with E-state index in [1.54, 1.807) is 7.05 Å². The first-order valence-electron chi connectivity index (χ1n) is 6.18. The van der Waals surface area contributed by atoms with Crippen LogP contribution in [0.4, 0.5) is 0 Å². The molecule has 0 aromatic carbocycles. The van der Waals surface area contributed by atoms with E-state index in [0.29, 0.717) is 6.54 Å². The molecular weight excluding hydrogens is 240 g/mol. The highest BCUT2D eigenvalue weighted by molar-refractivity contribution is 7.88. The Labute approximate surface area is 104 Å². The van der Waals surface area contributed by atoms with Crippen molar-refractivity contribution >= 4 is 10.0 Å². The molecule has 1 aliphatic rings. The Hall–Kier alpha value is -0.170. The first-order valence-corrected chi connectivity index (χ1v) is 8.02. The highest BCUT2D eigenvalue weighted by Crippen LogP contribution is 2.17. The fraction of sp³-hybridized carbons (Fsp3) is 1.00. The van der Waals surface area contributed by atoms with Crippen LogP contribution in [-0.4, -0.2) is 67.8 Å². The molecule has 0 aromatic heterocycles. The van der Waals surface area contributed by atoms with Gasteiger partial charge in [0.25, 0.3) is 0 Å². The van der Waals surface area contributed by atoms with Crippen molar-refractivity contribution in [1.29, 1.82) is 0 Å². The molecule has 1 saturated heterocycles. The summed E-state index contributed by atoms with van der Waals surface area (Å²) < 4.78 is 24.4. The van der Waals surface area contributed by atoms with E-state index < -0.39 is 10.0 Å². The van der Waals surface area contributed by atoms with Gasteiger partial charge in [-0.05, 0) is 25.8 Å². The van der Waals surface area contributed by atoms with Crippen LogP contribution in [0.1, 0.15) is 26.2 Å². The topological polar surface area (TPSA) is 60.9 Å². The normalized spacial score (nSPS) is 25.1. The van der Waals surface area contributed by atoms with Gasteiger partial charge < -0.3 is 5.11 Å². The number of hydrogen-bond acceptors (Lipinski definition) is 4. The zero-order valence-corrected chi connectivity index (χ0v) is 11.8. The second-order valence-corrected chi connectivity index (χ2v) is 6.94. The highest BCUT2D eigenvalue weighted by atomic mass is 32.2. The Bertz CT molecular complexity index is 332. The zero-order chi connectivity index (χ0) is 13.1. The van der Waals surface area contributed by atoms with Gasteiger partial charge in [-0.2, -0.15) is 0 Å². The number of likely N-dealkylation sites (N-methyl/N-ethyl adjacent to an activating group) is 1. The molecule has 0 amide bonds. The zero-order valence-electron chi connectivity index (χ0n) is 11.0. The monoisotopic (exact) mass is 264 g/mol. The van der Waals surface area contributed by atoms with E-state index >= 15 is 0 Å². The summed E-state index contributed by atoms with van der Waals surface area (Å²) in [4.78, 5) is 2.16. The lowest BCUT2D eigenvalue weighted by Gasteiger charge is -2.37. The van der Waals surface area contributed by atoms with E-state index in [1.807, 2.05) is 6.92 Å². The number of piperidine rings is 1. The summed E-state index contributed by atoms with van der Waals surface area (Å²) in [5, 5.41) is 9.62. The van der Waals surface area contributed by atoms with Crippen LogP contribution in [-0.2, 0) is 10.0 Å². The van der Waals surface area contributed by atoms with Gasteiger partial charge in [0.1, 0.15) is 0 Å². The summed E-state index contributed by atoms with van der Waals surface area (Å²) in [6, 6.07) is 0.0443. The van der Waals surface area contributed by atoms with Gasteiger partial charge in [0.05, 0.1) is 12.4 Å². The Balaban J connectivity index is 2.55. The van der Waals surface area contributed by atoms with Gasteiger partial charge in [-0.25, -0.2) is 12.7 Å². The second-order valence-electron chi connectivity index (χ2n) is 4.90. The minimum Gasteiger partial charge on any atom is -0.392 e. The molecule has 1 unspecified atom stereocenters. The van der Waals surface area contributed by atoms with E-state index in [0.717, 1.165) is 32.4 Å². The molecule has 0 bridgehead atoms. The van der Waals surface area contributed by atoms with E-state index in [-0.39, 0.29) is 12.1 Å². The smallest absolute Gasteiger partial charge is 0.211 e. The highest BCUT2D eigenvalue weighted by Gasteiger charge is 2.28. The molecule has 1 N–H and O–H groups in total. The van der Waals surface area contributed by atoms with Crippen molar-refractivity contribution in [2.45, 2.75) is 38.3 Å². The average Bonchev–Trinajstić information content (AvgIpc) is 2.27. The number of nitrogens with zero attached hydrogens (tertiary/aromatic N) is 2. The van der Waals surface area contributed by atoms with E-state index in [1.165, 1.54) is 10.6 Å². The molecule has 6 heteroatoms. The molecular formula is C11H24N2O3S. The Morgan fingerprint density at radius 2 is 2.18 bits per heavy atom. The number of rotatable bonds is 5. The molecule has 0 aliphatic carbocycles. The molecule has 0 spiro atoms. The third-order valence-corrected chi connectivity index (χ3v) is 4.80. The van der Waals surface area contributed by atoms with Crippen molar-refractivity contribution in [1.82, 2.24) is 9.21 Å². The van der Waals surface area contributed by atoms with Crippen molar-refractivity contribution < 1.29 is 13.5 Å². The SMILES string of the molecule is CC[C@@H](O)CN1CCCC(N(C)S(C)(=O)=O)C1. The molecule has 17 heavy (non-hydrogen) atoms. The van der Waals surface area contributed by atoms with Crippen molar-refractivity contribution in [2.24, 2.45) is 0 Å². The van der Waals surface area contributed by atoms with Gasteiger partial charge in [0.2, 0.25) is 10.0 Å². The first kappa shape index (κ1) is 14.9. The van der Waals surface area contributed by atoms with Gasteiger partial charge in [0.15, 0.2) is 0 Å². The van der Waals surface area contributed by atoms with Crippen molar-refractivity contribution in [3.63, 3.8) is 0 Å². The van der Waals surface area contributed by atoms with E-state index in [9.17, 15) is 13.5 Å². The average molecular weight is 264 g/mol. The van der Waals surface area contributed by atoms with Crippen LogP contribution in [0.3, 0.4) is 0 Å². The lowest BCUT2D eigenvalue weighted by atomic mass is 10.1. The molecule has 5 nitrogen and oxygen atoms in total. The molecule has 102 valence electrons. The van der Waals surface area contributed by atoms with E-state index in [4.69, 9.17) is 0 Å². The van der Waals surface area contributed by atoms with Gasteiger partial charge in [-0.15, -0.1) is 0 Å². The largest absolute Gasteiger partial charge is 0.392 e. The van der Waals surface area contributed by atoms with Crippen LogP contribution in [0.15, 0.2) is 0 Å². The lowest BCUT2D eigenvalue weighted by molar-refractivity contribution is 0.0798. The predicted octanol–water partition coefficient (Wildman–Crippen LogP) is 0.113. The van der Waals surface area contributed by atoms with Gasteiger partial charge in [-0.1, -0.05) is 6.92 Å². The van der Waals surface area contributed by atoms with Crippen LogP contribution < -0.4 is 0 Å². The molecule has 1 rings (SSSR count). The minimum absolute atomic E-state index is 0.0443. The van der Waals surface area contributed by atoms with Gasteiger partial charge in [0, 0.05) is 26.2 Å². The first-order chi connectivity index (χ1) is 7.84. The molecule has 0 saturated carbocycles. The van der Waals surface area contributed by atoms with Crippen molar-refractivity contribution in [3.8, 4) is 0 Å². The Morgan fingerprint density at radius 3 is 2.71 bits per heavy atom. The van der Waals surface area contributed by atoms with Crippen LogP contribution in [0.2, 0.25) is 0 Å².